The van der Waals surface area contributed by atoms with Crippen LogP contribution in [0.25, 0.3) is 0 Å². The molecular weight excluding hydrogens is 252 g/mol. The Morgan fingerprint density at radius 1 is 1.32 bits per heavy atom. The summed E-state index contributed by atoms with van der Waals surface area (Å²) in [5.41, 5.74) is 0.580. The van der Waals surface area contributed by atoms with Crippen LogP contribution >= 0.6 is 0 Å². The average Bonchev–Trinajstić information content (AvgIpc) is 2.39. The lowest BCUT2D eigenvalue weighted by atomic mass is 10.0. The molecule has 3 nitrogen and oxygen atoms in total. The number of nitrogens with one attached hydrogen (secondary N) is 1. The molecule has 0 radical (unpaired) electrons. The predicted octanol–water partition coefficient (Wildman–Crippen LogP) is 2.03. The molecule has 0 saturated carbocycles. The van der Waals surface area contributed by atoms with E-state index < -0.39 is 11.6 Å². The first-order chi connectivity index (χ1) is 8.93. The maximum Gasteiger partial charge on any atom is 0.220 e. The lowest BCUT2D eigenvalue weighted by Crippen LogP contribution is -2.38. The summed E-state index contributed by atoms with van der Waals surface area (Å²) in [5, 5.41) is 11.7. The van der Waals surface area contributed by atoms with Gasteiger partial charge in [0.25, 0.3) is 0 Å². The number of rotatable bonds is 6. The van der Waals surface area contributed by atoms with Crippen molar-refractivity contribution in [1.29, 1.82) is 0 Å². The van der Waals surface area contributed by atoms with E-state index >= 15 is 0 Å². The van der Waals surface area contributed by atoms with Crippen LogP contribution in [0.2, 0.25) is 0 Å². The van der Waals surface area contributed by atoms with Crippen molar-refractivity contribution in [3.05, 3.63) is 35.4 Å². The van der Waals surface area contributed by atoms with Gasteiger partial charge in [-0.3, -0.25) is 4.79 Å². The fourth-order valence-electron chi connectivity index (χ4n) is 1.58. The number of carbonyl (C=O) groups excluding carboxylic acids is 1. The van der Waals surface area contributed by atoms with Crippen molar-refractivity contribution in [2.75, 3.05) is 6.61 Å². The average molecular weight is 271 g/mol. The molecule has 0 heterocycles. The number of amides is 1. The number of carbonyl (C=O) groups is 1. The minimum Gasteiger partial charge on any atom is -0.396 e. The lowest BCUT2D eigenvalue weighted by molar-refractivity contribution is -0.122. The van der Waals surface area contributed by atoms with Gasteiger partial charge in [0.1, 0.15) is 0 Å². The van der Waals surface area contributed by atoms with Gasteiger partial charge in [-0.1, -0.05) is 13.0 Å². The van der Waals surface area contributed by atoms with Crippen LogP contribution in [-0.4, -0.2) is 23.7 Å². The number of hydrogen-bond acceptors (Lipinski definition) is 2. The summed E-state index contributed by atoms with van der Waals surface area (Å²) in [5.74, 6) is -1.98. The predicted molar refractivity (Wildman–Crippen MR) is 68.5 cm³/mol. The highest BCUT2D eigenvalue weighted by Crippen LogP contribution is 2.10. The highest BCUT2D eigenvalue weighted by molar-refractivity contribution is 5.76. The van der Waals surface area contributed by atoms with Crippen LogP contribution in [0.3, 0.4) is 0 Å². The van der Waals surface area contributed by atoms with E-state index in [1.807, 2.05) is 13.8 Å². The normalized spacial score (nSPS) is 13.9. The highest BCUT2D eigenvalue weighted by Gasteiger charge is 2.13. The van der Waals surface area contributed by atoms with Gasteiger partial charge in [-0.15, -0.1) is 0 Å². The maximum absolute atomic E-state index is 13.0. The van der Waals surface area contributed by atoms with E-state index in [9.17, 15) is 13.6 Å². The van der Waals surface area contributed by atoms with Crippen molar-refractivity contribution in [3.8, 4) is 0 Å². The van der Waals surface area contributed by atoms with Crippen molar-refractivity contribution >= 4 is 5.91 Å². The maximum atomic E-state index is 13.0. The molecule has 0 bridgehead atoms. The summed E-state index contributed by atoms with van der Waals surface area (Å²) >= 11 is 0. The summed E-state index contributed by atoms with van der Waals surface area (Å²) in [4.78, 5) is 11.6. The molecule has 1 amide bonds. The van der Waals surface area contributed by atoms with Gasteiger partial charge in [0.15, 0.2) is 11.6 Å². The van der Waals surface area contributed by atoms with Crippen LogP contribution in [0.5, 0.6) is 0 Å². The first-order valence-electron chi connectivity index (χ1n) is 6.28. The largest absolute Gasteiger partial charge is 0.396 e. The van der Waals surface area contributed by atoms with Crippen molar-refractivity contribution in [2.24, 2.45) is 5.92 Å². The zero-order valence-electron chi connectivity index (χ0n) is 11.1. The van der Waals surface area contributed by atoms with Crippen LogP contribution in [0.1, 0.15) is 25.8 Å². The van der Waals surface area contributed by atoms with Crippen LogP contribution in [0, 0.1) is 17.6 Å². The first-order valence-corrected chi connectivity index (χ1v) is 6.28. The summed E-state index contributed by atoms with van der Waals surface area (Å²) in [6.07, 6.45) is 0.552. The zero-order valence-corrected chi connectivity index (χ0v) is 11.1. The van der Waals surface area contributed by atoms with Gasteiger partial charge in [0.2, 0.25) is 5.91 Å². The van der Waals surface area contributed by atoms with Gasteiger partial charge in [-0.25, -0.2) is 8.78 Å². The number of aliphatic hydroxyl groups is 1. The minimum atomic E-state index is -0.903. The summed E-state index contributed by atoms with van der Waals surface area (Å²) in [6.45, 7) is 3.65. The third-order valence-corrected chi connectivity index (χ3v) is 3.15. The summed E-state index contributed by atoms with van der Waals surface area (Å²) in [7, 11) is 0. The van der Waals surface area contributed by atoms with Crippen molar-refractivity contribution < 1.29 is 18.7 Å². The molecule has 0 saturated heterocycles. The standard InChI is InChI=1S/C14H19F2NO2/c1-9(8-18)10(2)17-14(19)6-4-11-3-5-12(15)13(16)7-11/h3,5,7,9-10,18H,4,6,8H2,1-2H3,(H,17,19). The van der Waals surface area contributed by atoms with E-state index in [1.165, 1.54) is 6.07 Å². The number of halogens is 2. The topological polar surface area (TPSA) is 49.3 Å². The van der Waals surface area contributed by atoms with E-state index in [2.05, 4.69) is 5.32 Å². The second-order valence-electron chi connectivity index (χ2n) is 4.76. The molecule has 5 heteroatoms. The molecule has 0 aliphatic carbocycles. The van der Waals surface area contributed by atoms with Gasteiger partial charge in [0, 0.05) is 19.1 Å². The monoisotopic (exact) mass is 271 g/mol. The smallest absolute Gasteiger partial charge is 0.220 e. The van der Waals surface area contributed by atoms with Crippen LogP contribution in [0.15, 0.2) is 18.2 Å². The van der Waals surface area contributed by atoms with Gasteiger partial charge in [0.05, 0.1) is 0 Å². The number of hydrogen-bond donors (Lipinski definition) is 2. The third kappa shape index (κ3) is 4.95. The van der Waals surface area contributed by atoms with Crippen molar-refractivity contribution in [2.45, 2.75) is 32.7 Å². The quantitative estimate of drug-likeness (QED) is 0.831. The van der Waals surface area contributed by atoms with E-state index in [1.54, 1.807) is 0 Å². The van der Waals surface area contributed by atoms with E-state index in [4.69, 9.17) is 5.11 Å². The Hall–Kier alpha value is -1.49. The number of aliphatic hydroxyl groups excluding tert-OH is 1. The molecule has 0 aliphatic heterocycles. The Kier molecular flexibility index (Phi) is 5.89. The molecule has 0 aromatic heterocycles. The fraction of sp³-hybridized carbons (Fsp3) is 0.500. The van der Waals surface area contributed by atoms with Gasteiger partial charge in [-0.2, -0.15) is 0 Å². The van der Waals surface area contributed by atoms with Crippen molar-refractivity contribution in [3.63, 3.8) is 0 Å². The molecule has 2 unspecified atom stereocenters. The molecule has 1 aromatic carbocycles. The Labute approximate surface area is 111 Å². The van der Waals surface area contributed by atoms with E-state index in [-0.39, 0.29) is 30.9 Å². The third-order valence-electron chi connectivity index (χ3n) is 3.15. The zero-order chi connectivity index (χ0) is 14.4. The molecule has 0 aliphatic rings. The molecule has 0 spiro atoms. The summed E-state index contributed by atoms with van der Waals surface area (Å²) in [6, 6.07) is 3.50. The Morgan fingerprint density at radius 2 is 2.00 bits per heavy atom. The van der Waals surface area contributed by atoms with Crippen LogP contribution in [-0.2, 0) is 11.2 Å². The lowest BCUT2D eigenvalue weighted by Gasteiger charge is -2.19. The van der Waals surface area contributed by atoms with E-state index in [0.717, 1.165) is 12.1 Å². The Morgan fingerprint density at radius 3 is 2.58 bits per heavy atom. The molecule has 19 heavy (non-hydrogen) atoms. The first kappa shape index (κ1) is 15.6. The van der Waals surface area contributed by atoms with Gasteiger partial charge >= 0.3 is 0 Å². The Balaban J connectivity index is 2.43. The molecule has 0 fully saturated rings. The SMILES string of the molecule is CC(CO)C(C)NC(=O)CCc1ccc(F)c(F)c1. The van der Waals surface area contributed by atoms with E-state index in [0.29, 0.717) is 12.0 Å². The molecular formula is C14H19F2NO2. The fourth-order valence-corrected chi connectivity index (χ4v) is 1.58. The molecule has 2 atom stereocenters. The van der Waals surface area contributed by atoms with Gasteiger partial charge in [-0.05, 0) is 37.0 Å². The second kappa shape index (κ2) is 7.19. The molecule has 2 N–H and O–H groups in total. The van der Waals surface area contributed by atoms with Gasteiger partial charge < -0.3 is 10.4 Å². The molecule has 1 rings (SSSR count). The summed E-state index contributed by atoms with van der Waals surface area (Å²) < 4.78 is 25.7. The van der Waals surface area contributed by atoms with Crippen LogP contribution < -0.4 is 5.32 Å². The molecule has 1 aromatic rings. The van der Waals surface area contributed by atoms with Crippen LogP contribution in [0.4, 0.5) is 8.78 Å². The number of benzene rings is 1. The second-order valence-corrected chi connectivity index (χ2v) is 4.76. The van der Waals surface area contributed by atoms with Crippen molar-refractivity contribution in [1.82, 2.24) is 5.32 Å². The highest BCUT2D eigenvalue weighted by atomic mass is 19.2. The Bertz CT molecular complexity index is 437. The number of aryl methyl sites for hydroxylation is 1. The minimum absolute atomic E-state index is 0.00458. The molecule has 106 valence electrons.